The Morgan fingerprint density at radius 3 is 2.90 bits per heavy atom. The summed E-state index contributed by atoms with van der Waals surface area (Å²) in [6.45, 7) is 1.83. The first-order valence-electron chi connectivity index (χ1n) is 6.10. The average molecular weight is 275 g/mol. The summed E-state index contributed by atoms with van der Waals surface area (Å²) in [4.78, 5) is 20.0. The van der Waals surface area contributed by atoms with Crippen molar-refractivity contribution in [2.45, 2.75) is 19.4 Å². The van der Waals surface area contributed by atoms with Gasteiger partial charge in [-0.05, 0) is 25.1 Å². The molecule has 1 aromatic carbocycles. The average Bonchev–Trinajstić information content (AvgIpc) is 2.42. The number of aromatic hydroxyl groups is 1. The summed E-state index contributed by atoms with van der Waals surface area (Å²) >= 11 is 0. The van der Waals surface area contributed by atoms with Crippen LogP contribution in [0.25, 0.3) is 0 Å². The molecule has 0 unspecified atom stereocenters. The highest BCUT2D eigenvalue weighted by Gasteiger charge is 2.12. The SMILES string of the molecule is C[C@@H](Cc1cnccn1)NC(=O)c1ccc(F)c(O)c1. The molecule has 2 aromatic rings. The maximum atomic E-state index is 12.9. The minimum Gasteiger partial charge on any atom is -0.505 e. The predicted molar refractivity (Wildman–Crippen MR) is 70.7 cm³/mol. The highest BCUT2D eigenvalue weighted by Crippen LogP contribution is 2.16. The third-order valence-corrected chi connectivity index (χ3v) is 2.72. The highest BCUT2D eigenvalue weighted by atomic mass is 19.1. The number of halogens is 1. The van der Waals surface area contributed by atoms with Crippen molar-refractivity contribution in [3.05, 3.63) is 53.9 Å². The first-order valence-corrected chi connectivity index (χ1v) is 6.10. The van der Waals surface area contributed by atoms with E-state index in [-0.39, 0.29) is 17.5 Å². The zero-order valence-electron chi connectivity index (χ0n) is 10.9. The van der Waals surface area contributed by atoms with Crippen LogP contribution in [-0.4, -0.2) is 27.0 Å². The molecule has 0 aliphatic rings. The van der Waals surface area contributed by atoms with Gasteiger partial charge in [-0.1, -0.05) is 0 Å². The molecule has 1 atom stereocenters. The zero-order valence-corrected chi connectivity index (χ0v) is 10.9. The number of phenols is 1. The quantitative estimate of drug-likeness (QED) is 0.890. The van der Waals surface area contributed by atoms with Gasteiger partial charge in [-0.3, -0.25) is 14.8 Å². The van der Waals surface area contributed by atoms with Crippen LogP contribution >= 0.6 is 0 Å². The van der Waals surface area contributed by atoms with E-state index >= 15 is 0 Å². The molecule has 0 spiro atoms. The number of rotatable bonds is 4. The van der Waals surface area contributed by atoms with Crippen LogP contribution in [-0.2, 0) is 6.42 Å². The summed E-state index contributed by atoms with van der Waals surface area (Å²) in [6.07, 6.45) is 5.33. The van der Waals surface area contributed by atoms with E-state index < -0.39 is 11.6 Å². The number of amides is 1. The van der Waals surface area contributed by atoms with Crippen LogP contribution in [0.3, 0.4) is 0 Å². The minimum atomic E-state index is -0.755. The van der Waals surface area contributed by atoms with Gasteiger partial charge in [0, 0.05) is 36.6 Å². The third-order valence-electron chi connectivity index (χ3n) is 2.72. The van der Waals surface area contributed by atoms with Gasteiger partial charge in [-0.2, -0.15) is 0 Å². The fourth-order valence-corrected chi connectivity index (χ4v) is 1.76. The fourth-order valence-electron chi connectivity index (χ4n) is 1.76. The lowest BCUT2D eigenvalue weighted by molar-refractivity contribution is 0.0939. The van der Waals surface area contributed by atoms with Gasteiger partial charge in [-0.15, -0.1) is 0 Å². The van der Waals surface area contributed by atoms with E-state index in [2.05, 4.69) is 15.3 Å². The van der Waals surface area contributed by atoms with Gasteiger partial charge in [0.1, 0.15) is 0 Å². The molecule has 6 heteroatoms. The maximum absolute atomic E-state index is 12.9. The second-order valence-corrected chi connectivity index (χ2v) is 4.44. The predicted octanol–water partition coefficient (Wildman–Crippen LogP) is 1.68. The first-order chi connectivity index (χ1) is 9.56. The minimum absolute atomic E-state index is 0.161. The van der Waals surface area contributed by atoms with Crippen LogP contribution in [0.5, 0.6) is 5.75 Å². The van der Waals surface area contributed by atoms with Gasteiger partial charge in [0.05, 0.1) is 5.69 Å². The van der Waals surface area contributed by atoms with Crippen LogP contribution in [0.1, 0.15) is 23.0 Å². The van der Waals surface area contributed by atoms with Crippen molar-refractivity contribution in [1.82, 2.24) is 15.3 Å². The first kappa shape index (κ1) is 13.9. The fraction of sp³-hybridized carbons (Fsp3) is 0.214. The standard InChI is InChI=1S/C14H14FN3O2/c1-9(6-11-8-16-4-5-17-11)18-14(20)10-2-3-12(15)13(19)7-10/h2-5,7-9,19H,6H2,1H3,(H,18,20)/t9-/m0/s1. The molecule has 0 aliphatic heterocycles. The highest BCUT2D eigenvalue weighted by molar-refractivity contribution is 5.94. The van der Waals surface area contributed by atoms with E-state index in [1.807, 2.05) is 6.92 Å². The Morgan fingerprint density at radius 2 is 2.25 bits per heavy atom. The number of nitrogens with zero attached hydrogens (tertiary/aromatic N) is 2. The molecule has 104 valence electrons. The molecular weight excluding hydrogens is 261 g/mol. The number of hydrogen-bond acceptors (Lipinski definition) is 4. The van der Waals surface area contributed by atoms with Crippen molar-refractivity contribution < 1.29 is 14.3 Å². The number of phenolic OH excluding ortho intramolecular Hbond substituents is 1. The maximum Gasteiger partial charge on any atom is 0.251 e. The van der Waals surface area contributed by atoms with Crippen LogP contribution in [0.4, 0.5) is 4.39 Å². The molecule has 0 fully saturated rings. The van der Waals surface area contributed by atoms with Crippen molar-refractivity contribution in [2.24, 2.45) is 0 Å². The van der Waals surface area contributed by atoms with Gasteiger partial charge < -0.3 is 10.4 Å². The van der Waals surface area contributed by atoms with Crippen LogP contribution in [0, 0.1) is 5.82 Å². The van der Waals surface area contributed by atoms with Crippen LogP contribution < -0.4 is 5.32 Å². The summed E-state index contributed by atoms with van der Waals surface area (Å²) in [7, 11) is 0. The van der Waals surface area contributed by atoms with Crippen molar-refractivity contribution in [2.75, 3.05) is 0 Å². The van der Waals surface area contributed by atoms with E-state index in [9.17, 15) is 14.3 Å². The molecule has 1 aromatic heterocycles. The number of carbonyl (C=O) groups is 1. The van der Waals surface area contributed by atoms with Gasteiger partial charge >= 0.3 is 0 Å². The van der Waals surface area contributed by atoms with Crippen LogP contribution in [0.2, 0.25) is 0 Å². The molecule has 0 saturated heterocycles. The largest absolute Gasteiger partial charge is 0.505 e. The van der Waals surface area contributed by atoms with E-state index in [4.69, 9.17) is 0 Å². The summed E-state index contributed by atoms with van der Waals surface area (Å²) in [6, 6.07) is 3.31. The Morgan fingerprint density at radius 1 is 1.45 bits per heavy atom. The molecular formula is C14H14FN3O2. The lowest BCUT2D eigenvalue weighted by Crippen LogP contribution is -2.34. The van der Waals surface area contributed by atoms with Crippen molar-refractivity contribution in [1.29, 1.82) is 0 Å². The molecule has 20 heavy (non-hydrogen) atoms. The topological polar surface area (TPSA) is 75.1 Å². The number of carbonyl (C=O) groups excluding carboxylic acids is 1. The zero-order chi connectivity index (χ0) is 14.5. The number of benzene rings is 1. The Labute approximate surface area is 115 Å². The molecule has 1 heterocycles. The monoisotopic (exact) mass is 275 g/mol. The summed E-state index contributed by atoms with van der Waals surface area (Å²) < 4.78 is 12.9. The number of nitrogens with one attached hydrogen (secondary N) is 1. The Kier molecular flexibility index (Phi) is 4.24. The normalized spacial score (nSPS) is 11.9. The van der Waals surface area contributed by atoms with E-state index in [0.717, 1.165) is 17.8 Å². The Bertz CT molecular complexity index is 605. The smallest absolute Gasteiger partial charge is 0.251 e. The van der Waals surface area contributed by atoms with Crippen molar-refractivity contribution >= 4 is 5.91 Å². The van der Waals surface area contributed by atoms with Gasteiger partial charge in [-0.25, -0.2) is 4.39 Å². The summed E-state index contributed by atoms with van der Waals surface area (Å²) in [5.74, 6) is -1.68. The molecule has 2 N–H and O–H groups in total. The molecule has 0 radical (unpaired) electrons. The van der Waals surface area contributed by atoms with Gasteiger partial charge in [0.15, 0.2) is 11.6 Å². The molecule has 0 saturated carbocycles. The van der Waals surface area contributed by atoms with Crippen LogP contribution in [0.15, 0.2) is 36.8 Å². The van der Waals surface area contributed by atoms with Gasteiger partial charge in [0.25, 0.3) is 5.91 Å². The third kappa shape index (κ3) is 3.50. The second kappa shape index (κ2) is 6.10. The summed E-state index contributed by atoms with van der Waals surface area (Å²) in [5, 5.41) is 12.0. The summed E-state index contributed by atoms with van der Waals surface area (Å²) in [5.41, 5.74) is 0.970. The van der Waals surface area contributed by atoms with Gasteiger partial charge in [0.2, 0.25) is 0 Å². The number of aromatic nitrogens is 2. The molecule has 0 bridgehead atoms. The Balaban J connectivity index is 1.98. The van der Waals surface area contributed by atoms with E-state index in [0.29, 0.717) is 6.42 Å². The second-order valence-electron chi connectivity index (χ2n) is 4.44. The lowest BCUT2D eigenvalue weighted by Gasteiger charge is -2.13. The van der Waals surface area contributed by atoms with E-state index in [1.165, 1.54) is 6.07 Å². The lowest BCUT2D eigenvalue weighted by atomic mass is 10.1. The number of hydrogen-bond donors (Lipinski definition) is 2. The Hall–Kier alpha value is -2.50. The molecule has 2 rings (SSSR count). The van der Waals surface area contributed by atoms with Crippen molar-refractivity contribution in [3.8, 4) is 5.75 Å². The molecule has 5 nitrogen and oxygen atoms in total. The van der Waals surface area contributed by atoms with E-state index in [1.54, 1.807) is 18.6 Å². The van der Waals surface area contributed by atoms with Crippen molar-refractivity contribution in [3.63, 3.8) is 0 Å². The molecule has 0 aliphatic carbocycles. The molecule has 1 amide bonds.